The largest absolute Gasteiger partial charge is 0.447 e. The maximum Gasteiger partial charge on any atom is 0.353 e. The van der Waals surface area contributed by atoms with Crippen molar-refractivity contribution in [3.8, 4) is 5.40 Å². The van der Waals surface area contributed by atoms with Gasteiger partial charge in [-0.15, -0.1) is 0 Å². The van der Waals surface area contributed by atoms with Gasteiger partial charge in [0.05, 0.1) is 6.10 Å². The Morgan fingerprint density at radius 1 is 0.831 bits per heavy atom. The molecule has 3 fully saturated rings. The normalized spacial score (nSPS) is 25.0. The highest BCUT2D eigenvalue weighted by Crippen LogP contribution is 2.39. The van der Waals surface area contributed by atoms with Gasteiger partial charge in [-0.25, -0.2) is 19.9 Å². The molecule has 3 aliphatic rings. The van der Waals surface area contributed by atoms with Crippen molar-refractivity contribution in [1.29, 1.82) is 5.26 Å². The summed E-state index contributed by atoms with van der Waals surface area (Å²) in [7, 11) is -0.505. The molecule has 3 saturated heterocycles. The minimum atomic E-state index is -1.24. The Balaban J connectivity index is 0.000000137. The molecule has 6 aromatic rings. The number of fused-ring (bicyclic) bond motifs is 3. The molecule has 0 saturated carbocycles. The van der Waals surface area contributed by atoms with Crippen LogP contribution in [0.5, 0.6) is 0 Å². The summed E-state index contributed by atoms with van der Waals surface area (Å²) in [4.78, 5) is 69.2. The molecule has 6 aromatic heterocycles. The smallest absolute Gasteiger partial charge is 0.353 e. The van der Waals surface area contributed by atoms with Crippen LogP contribution in [0.15, 0.2) is 56.6 Å². The van der Waals surface area contributed by atoms with Gasteiger partial charge in [-0.2, -0.15) is 5.26 Å². The molecule has 0 amide bonds. The van der Waals surface area contributed by atoms with Crippen LogP contribution in [0.25, 0.3) is 20.7 Å². The molecule has 21 nitrogen and oxygen atoms in total. The molecule has 0 spiro atoms. The van der Waals surface area contributed by atoms with E-state index in [1.54, 1.807) is 38.9 Å². The standard InChI is InChI=1S/C13H13N3O5S2.C12H15N3O5S.C9H9N5S/c1-3-5-6-7(21-13(22)20-6)11(19-5)16-9-8(23-12(16)18)10(17)15-4(2)14-9;1-3-5-6(16)7(17)11(20-5)15-9-8(21-12(15)19)10(18)14-4(2)13-9;1-15(6-10)9(13-4-2-11-7-13)14-5-3-12-8-14/h5-7,11H,3H2,1-2H3,(H,14,15,17);5-7,11,16-17H,3H2,1-2H3,(H,13,14,18);2-5,7-8H,1H3/t5-,6-,7?,11?;5-,6-,7-,11?;/m11./s1. The number of thiocarbonyl (C=S) groups is 1. The van der Waals surface area contributed by atoms with Gasteiger partial charge in [-0.3, -0.25) is 37.4 Å². The van der Waals surface area contributed by atoms with E-state index < -0.39 is 57.8 Å². The van der Waals surface area contributed by atoms with E-state index in [9.17, 15) is 29.4 Å². The SMILES string of the molecule is CC[C@H]1OC(n2c(=O)sc3c(=O)[nH]c(C)nc32)C2OC(=S)O[C@@H]21.CC[C@H]1OC(n2c(=O)sc3c(=O)[nH]c(C)nc32)[C@H](O)[C@@H]1O.CS(C#N)=C(n1ccnc1)n1ccnc1. The van der Waals surface area contributed by atoms with Crippen LogP contribution in [0.1, 0.15) is 50.8 Å². The van der Waals surface area contributed by atoms with Gasteiger partial charge in [-0.1, -0.05) is 36.5 Å². The van der Waals surface area contributed by atoms with E-state index in [1.165, 1.54) is 4.57 Å². The summed E-state index contributed by atoms with van der Waals surface area (Å²) in [6, 6.07) is 0. The van der Waals surface area contributed by atoms with Crippen molar-refractivity contribution < 1.29 is 29.2 Å². The molecule has 59 heavy (non-hydrogen) atoms. The minimum absolute atomic E-state index is 0.0568. The summed E-state index contributed by atoms with van der Waals surface area (Å²) in [5.41, 5.74) is -0.282. The number of nitrogens with zero attached hydrogens (tertiary/aromatic N) is 9. The number of H-pyrrole nitrogens is 2. The maximum absolute atomic E-state index is 12.4. The summed E-state index contributed by atoms with van der Waals surface area (Å²) in [6.45, 7) is 7.02. The average Bonchev–Trinajstić information content (AvgIpc) is 4.07. The molecule has 0 aliphatic carbocycles. The number of aliphatic hydroxyl groups excluding tert-OH is 2. The van der Waals surface area contributed by atoms with E-state index in [0.29, 0.717) is 30.1 Å². The lowest BCUT2D eigenvalue weighted by atomic mass is 10.1. The molecular formula is C34H37N11O10S4. The van der Waals surface area contributed by atoms with Gasteiger partial charge < -0.3 is 39.1 Å². The Bertz CT molecular complexity index is 2780. The zero-order chi connectivity index (χ0) is 42.3. The number of hydrogen-bond donors (Lipinski definition) is 4. The topological polar surface area (TPSA) is 272 Å². The Kier molecular flexibility index (Phi) is 12.2. The van der Waals surface area contributed by atoms with Crippen LogP contribution in [0.3, 0.4) is 0 Å². The van der Waals surface area contributed by atoms with Crippen LogP contribution in [0, 0.1) is 24.5 Å². The van der Waals surface area contributed by atoms with Crippen LogP contribution in [-0.2, 0) is 18.9 Å². The van der Waals surface area contributed by atoms with Crippen LogP contribution in [0.2, 0.25) is 0 Å². The highest BCUT2D eigenvalue weighted by molar-refractivity contribution is 8.19. The van der Waals surface area contributed by atoms with Crippen molar-refractivity contribution in [2.24, 2.45) is 0 Å². The number of nitriles is 1. The van der Waals surface area contributed by atoms with Gasteiger partial charge in [0.2, 0.25) is 0 Å². The number of imidazole rings is 2. The molecule has 3 aliphatic heterocycles. The third kappa shape index (κ3) is 7.96. The zero-order valence-corrected chi connectivity index (χ0v) is 35.1. The third-order valence-electron chi connectivity index (χ3n) is 9.45. The highest BCUT2D eigenvalue weighted by atomic mass is 32.2. The summed E-state index contributed by atoms with van der Waals surface area (Å²) in [5, 5.41) is 32.2. The van der Waals surface area contributed by atoms with Crippen molar-refractivity contribution in [1.82, 2.24) is 48.2 Å². The van der Waals surface area contributed by atoms with E-state index in [2.05, 4.69) is 35.3 Å². The van der Waals surface area contributed by atoms with Gasteiger partial charge >= 0.3 is 15.0 Å². The number of ether oxygens (including phenoxy) is 4. The van der Waals surface area contributed by atoms with Crippen molar-refractivity contribution >= 4 is 76.4 Å². The Morgan fingerprint density at radius 3 is 1.78 bits per heavy atom. The molecule has 312 valence electrons. The minimum Gasteiger partial charge on any atom is -0.447 e. The molecule has 0 aromatic carbocycles. The Labute approximate surface area is 348 Å². The van der Waals surface area contributed by atoms with E-state index >= 15 is 0 Å². The molecule has 0 bridgehead atoms. The molecule has 4 N–H and O–H groups in total. The van der Waals surface area contributed by atoms with Gasteiger partial charge in [-0.05, 0) is 43.4 Å². The first-order chi connectivity index (χ1) is 28.3. The van der Waals surface area contributed by atoms with E-state index in [-0.39, 0.29) is 42.9 Å². The third-order valence-corrected chi connectivity index (χ3v) is 12.8. The van der Waals surface area contributed by atoms with Crippen molar-refractivity contribution in [2.45, 2.75) is 89.6 Å². The lowest BCUT2D eigenvalue weighted by Crippen LogP contribution is -2.33. The van der Waals surface area contributed by atoms with Crippen LogP contribution < -0.4 is 20.9 Å². The monoisotopic (exact) mass is 887 g/mol. The number of aromatic amines is 2. The fourth-order valence-corrected chi connectivity index (χ4v) is 9.64. The molecule has 9 heterocycles. The Morgan fingerprint density at radius 2 is 1.32 bits per heavy atom. The van der Waals surface area contributed by atoms with Crippen molar-refractivity contribution in [3.63, 3.8) is 0 Å². The number of aryl methyl sites for hydroxylation is 2. The molecule has 0 radical (unpaired) electrons. The molecule has 25 heteroatoms. The van der Waals surface area contributed by atoms with Crippen LogP contribution >= 0.6 is 45.4 Å². The fourth-order valence-electron chi connectivity index (χ4n) is 6.80. The first kappa shape index (κ1) is 41.9. The average molecular weight is 888 g/mol. The second-order valence-corrected chi connectivity index (χ2v) is 17.1. The van der Waals surface area contributed by atoms with E-state index in [1.807, 2.05) is 41.6 Å². The molecule has 9 atom stereocenters. The zero-order valence-electron chi connectivity index (χ0n) is 31.8. The van der Waals surface area contributed by atoms with Gasteiger partial charge in [0.25, 0.3) is 11.1 Å². The van der Waals surface area contributed by atoms with E-state index in [0.717, 1.165) is 32.4 Å². The van der Waals surface area contributed by atoms with Crippen molar-refractivity contribution in [2.75, 3.05) is 6.26 Å². The van der Waals surface area contributed by atoms with Crippen LogP contribution in [0.4, 0.5) is 0 Å². The lowest BCUT2D eigenvalue weighted by Gasteiger charge is -2.17. The highest BCUT2D eigenvalue weighted by Gasteiger charge is 2.54. The maximum atomic E-state index is 12.4. The predicted octanol–water partition coefficient (Wildman–Crippen LogP) is 1.26. The van der Waals surface area contributed by atoms with Gasteiger partial charge in [0.15, 0.2) is 41.1 Å². The second-order valence-electron chi connectivity index (χ2n) is 13.3. The second kappa shape index (κ2) is 17.2. The number of aromatic nitrogens is 10. The first-order valence-corrected chi connectivity index (χ1v) is 21.6. The number of hydrogen-bond acceptors (Lipinski definition) is 18. The quantitative estimate of drug-likeness (QED) is 0.143. The Hall–Kier alpha value is -5.20. The summed E-state index contributed by atoms with van der Waals surface area (Å²) >= 11 is 6.55. The first-order valence-electron chi connectivity index (χ1n) is 17.9. The summed E-state index contributed by atoms with van der Waals surface area (Å²) in [6.07, 6.45) is 7.64. The van der Waals surface area contributed by atoms with E-state index in [4.69, 9.17) is 36.4 Å². The lowest BCUT2D eigenvalue weighted by molar-refractivity contribution is -0.0437. The van der Waals surface area contributed by atoms with Crippen molar-refractivity contribution in [3.05, 3.63) is 89.1 Å². The van der Waals surface area contributed by atoms with Crippen LogP contribution in [-0.4, -0.2) is 112 Å². The van der Waals surface area contributed by atoms with Gasteiger partial charge in [0, 0.05) is 37.0 Å². The number of thiocyanates is 1. The number of nitrogens with one attached hydrogen (secondary N) is 2. The summed E-state index contributed by atoms with van der Waals surface area (Å²) in [5.74, 6) is 0.786. The molecular weight excluding hydrogens is 851 g/mol. The number of rotatable bonds is 4. The molecule has 4 unspecified atom stereocenters. The molecule has 9 rings (SSSR count). The number of aliphatic hydroxyl groups is 2. The fraction of sp³-hybridized carbons (Fsp3) is 0.441. The van der Waals surface area contributed by atoms with Gasteiger partial charge in [0.1, 0.15) is 57.4 Å². The summed E-state index contributed by atoms with van der Waals surface area (Å²) < 4.78 is 29.2. The number of thiazole rings is 2. The predicted molar refractivity (Wildman–Crippen MR) is 221 cm³/mol.